The summed E-state index contributed by atoms with van der Waals surface area (Å²) < 4.78 is 0. The standard InChI is InChI=1S/C6H11NO/c1-5(2)6-3-4-8-7-6/h3-7H,1-2H3. The van der Waals surface area contributed by atoms with Crippen LogP contribution in [0, 0.1) is 5.92 Å². The Morgan fingerprint density at radius 3 is 2.62 bits per heavy atom. The van der Waals surface area contributed by atoms with Crippen molar-refractivity contribution < 1.29 is 4.84 Å². The molecule has 0 bridgehead atoms. The van der Waals surface area contributed by atoms with Gasteiger partial charge in [0.15, 0.2) is 0 Å². The second kappa shape index (κ2) is 2.18. The molecular weight excluding hydrogens is 102 g/mol. The lowest BCUT2D eigenvalue weighted by molar-refractivity contribution is 0.128. The van der Waals surface area contributed by atoms with Crippen LogP contribution < -0.4 is 5.48 Å². The third-order valence-electron chi connectivity index (χ3n) is 1.28. The van der Waals surface area contributed by atoms with Gasteiger partial charge < -0.3 is 4.84 Å². The Hall–Kier alpha value is -0.500. The van der Waals surface area contributed by atoms with Crippen LogP contribution >= 0.6 is 0 Å². The van der Waals surface area contributed by atoms with Crippen LogP contribution in [0.5, 0.6) is 0 Å². The van der Waals surface area contributed by atoms with Crippen molar-refractivity contribution in [3.05, 3.63) is 12.3 Å². The molecule has 0 fully saturated rings. The highest BCUT2D eigenvalue weighted by atomic mass is 16.6. The normalized spacial score (nSPS) is 26.6. The molecule has 0 saturated heterocycles. The summed E-state index contributed by atoms with van der Waals surface area (Å²) >= 11 is 0. The van der Waals surface area contributed by atoms with Crippen LogP contribution in [0.25, 0.3) is 0 Å². The van der Waals surface area contributed by atoms with Gasteiger partial charge in [0.25, 0.3) is 0 Å². The van der Waals surface area contributed by atoms with Crippen LogP contribution in [-0.4, -0.2) is 6.04 Å². The second-order valence-electron chi connectivity index (χ2n) is 2.33. The molecule has 0 aromatic rings. The molecule has 0 radical (unpaired) electrons. The molecule has 1 aliphatic heterocycles. The van der Waals surface area contributed by atoms with Crippen molar-refractivity contribution in [2.24, 2.45) is 5.92 Å². The number of hydrogen-bond acceptors (Lipinski definition) is 2. The van der Waals surface area contributed by atoms with E-state index in [0.717, 1.165) is 0 Å². The van der Waals surface area contributed by atoms with E-state index in [4.69, 9.17) is 4.84 Å². The fraction of sp³-hybridized carbons (Fsp3) is 0.667. The van der Waals surface area contributed by atoms with Gasteiger partial charge in [0, 0.05) is 0 Å². The van der Waals surface area contributed by atoms with Crippen LogP contribution in [0.1, 0.15) is 13.8 Å². The predicted molar refractivity (Wildman–Crippen MR) is 32.0 cm³/mol. The zero-order valence-corrected chi connectivity index (χ0v) is 5.22. The third-order valence-corrected chi connectivity index (χ3v) is 1.28. The van der Waals surface area contributed by atoms with Gasteiger partial charge in [-0.1, -0.05) is 13.8 Å². The smallest absolute Gasteiger partial charge is 0.109 e. The minimum atomic E-state index is 0.412. The second-order valence-corrected chi connectivity index (χ2v) is 2.33. The molecule has 2 heteroatoms. The summed E-state index contributed by atoms with van der Waals surface area (Å²) in [5, 5.41) is 0. The van der Waals surface area contributed by atoms with E-state index in [1.807, 2.05) is 6.08 Å². The van der Waals surface area contributed by atoms with Gasteiger partial charge in [-0.15, -0.1) is 0 Å². The predicted octanol–water partition coefficient (Wildman–Crippen LogP) is 1.06. The quantitative estimate of drug-likeness (QED) is 0.549. The molecule has 1 heterocycles. The first-order chi connectivity index (χ1) is 3.80. The minimum absolute atomic E-state index is 0.412. The van der Waals surface area contributed by atoms with Crippen LogP contribution in [0.15, 0.2) is 12.3 Å². The average Bonchev–Trinajstić information content (AvgIpc) is 2.12. The van der Waals surface area contributed by atoms with E-state index in [1.165, 1.54) is 0 Å². The summed E-state index contributed by atoms with van der Waals surface area (Å²) in [6, 6.07) is 0.412. The number of nitrogens with one attached hydrogen (secondary N) is 1. The maximum atomic E-state index is 4.79. The van der Waals surface area contributed by atoms with E-state index in [1.54, 1.807) is 6.26 Å². The van der Waals surface area contributed by atoms with E-state index < -0.39 is 0 Å². The first-order valence-corrected chi connectivity index (χ1v) is 2.88. The van der Waals surface area contributed by atoms with Gasteiger partial charge in [-0.2, -0.15) is 5.48 Å². The molecule has 2 nitrogen and oxygen atoms in total. The van der Waals surface area contributed by atoms with Gasteiger partial charge >= 0.3 is 0 Å². The van der Waals surface area contributed by atoms with Gasteiger partial charge in [0.1, 0.15) is 6.26 Å². The van der Waals surface area contributed by atoms with Crippen molar-refractivity contribution >= 4 is 0 Å². The van der Waals surface area contributed by atoms with Gasteiger partial charge in [-0.3, -0.25) is 0 Å². The SMILES string of the molecule is CC(C)C1C=CON1. The summed E-state index contributed by atoms with van der Waals surface area (Å²) in [5.41, 5.74) is 2.84. The first-order valence-electron chi connectivity index (χ1n) is 2.88. The van der Waals surface area contributed by atoms with Crippen molar-refractivity contribution in [2.75, 3.05) is 0 Å². The molecule has 1 N–H and O–H groups in total. The molecule has 1 atom stereocenters. The van der Waals surface area contributed by atoms with Crippen molar-refractivity contribution in [2.45, 2.75) is 19.9 Å². The Kier molecular flexibility index (Phi) is 1.53. The number of hydroxylamine groups is 1. The van der Waals surface area contributed by atoms with E-state index in [0.29, 0.717) is 12.0 Å². The molecule has 8 heavy (non-hydrogen) atoms. The summed E-state index contributed by atoms with van der Waals surface area (Å²) in [5.74, 6) is 0.619. The van der Waals surface area contributed by atoms with E-state index >= 15 is 0 Å². The topological polar surface area (TPSA) is 21.3 Å². The summed E-state index contributed by atoms with van der Waals surface area (Å²) in [6.07, 6.45) is 3.70. The highest BCUT2D eigenvalue weighted by Gasteiger charge is 2.12. The van der Waals surface area contributed by atoms with Gasteiger partial charge in [0.2, 0.25) is 0 Å². The molecule has 0 aromatic heterocycles. The number of hydrogen-bond donors (Lipinski definition) is 1. The zero-order valence-electron chi connectivity index (χ0n) is 5.22. The summed E-state index contributed by atoms with van der Waals surface area (Å²) in [4.78, 5) is 4.79. The maximum absolute atomic E-state index is 4.79. The molecule has 0 aliphatic carbocycles. The Labute approximate surface area is 49.5 Å². The van der Waals surface area contributed by atoms with Gasteiger partial charge in [-0.05, 0) is 12.0 Å². The Morgan fingerprint density at radius 1 is 1.62 bits per heavy atom. The van der Waals surface area contributed by atoms with Crippen LogP contribution in [0.2, 0.25) is 0 Å². The highest BCUT2D eigenvalue weighted by Crippen LogP contribution is 2.06. The molecule has 0 spiro atoms. The molecule has 1 rings (SSSR count). The Morgan fingerprint density at radius 2 is 2.38 bits per heavy atom. The van der Waals surface area contributed by atoms with Crippen molar-refractivity contribution in [1.82, 2.24) is 5.48 Å². The van der Waals surface area contributed by atoms with Crippen LogP contribution in [0.4, 0.5) is 0 Å². The van der Waals surface area contributed by atoms with Crippen molar-refractivity contribution in [3.8, 4) is 0 Å². The molecule has 46 valence electrons. The van der Waals surface area contributed by atoms with Crippen molar-refractivity contribution in [1.29, 1.82) is 0 Å². The van der Waals surface area contributed by atoms with Gasteiger partial charge in [0.05, 0.1) is 6.04 Å². The first kappa shape index (κ1) is 5.63. The fourth-order valence-electron chi connectivity index (χ4n) is 0.639. The van der Waals surface area contributed by atoms with E-state index in [9.17, 15) is 0 Å². The summed E-state index contributed by atoms with van der Waals surface area (Å²) in [7, 11) is 0. The molecule has 1 unspecified atom stereocenters. The van der Waals surface area contributed by atoms with Crippen LogP contribution in [0.3, 0.4) is 0 Å². The molecule has 0 saturated carbocycles. The minimum Gasteiger partial charge on any atom is -0.416 e. The van der Waals surface area contributed by atoms with Crippen LogP contribution in [-0.2, 0) is 4.84 Å². The molecule has 1 aliphatic rings. The lowest BCUT2D eigenvalue weighted by atomic mass is 10.1. The summed E-state index contributed by atoms with van der Waals surface area (Å²) in [6.45, 7) is 4.30. The Balaban J connectivity index is 2.36. The molecule has 0 aromatic carbocycles. The fourth-order valence-corrected chi connectivity index (χ4v) is 0.639. The average molecular weight is 113 g/mol. The van der Waals surface area contributed by atoms with E-state index in [2.05, 4.69) is 19.3 Å². The van der Waals surface area contributed by atoms with E-state index in [-0.39, 0.29) is 0 Å². The largest absolute Gasteiger partial charge is 0.416 e. The Bertz CT molecular complexity index is 98.7. The number of rotatable bonds is 1. The van der Waals surface area contributed by atoms with Crippen molar-refractivity contribution in [3.63, 3.8) is 0 Å². The highest BCUT2D eigenvalue weighted by molar-refractivity contribution is 4.93. The monoisotopic (exact) mass is 113 g/mol. The lowest BCUT2D eigenvalue weighted by Crippen LogP contribution is -2.25. The zero-order chi connectivity index (χ0) is 5.98. The molecular formula is C6H11NO. The third kappa shape index (κ3) is 1.01. The maximum Gasteiger partial charge on any atom is 0.109 e. The molecule has 0 amide bonds. The van der Waals surface area contributed by atoms with Gasteiger partial charge in [-0.25, -0.2) is 0 Å². The lowest BCUT2D eigenvalue weighted by Gasteiger charge is -2.09.